The number of ether oxygens (including phenoxy) is 3. The first-order valence-electron chi connectivity index (χ1n) is 20.1. The maximum absolute atomic E-state index is 15.2. The number of hydrogen-bond donors (Lipinski definition) is 1. The summed E-state index contributed by atoms with van der Waals surface area (Å²) in [6.45, 7) is 13.1. The second kappa shape index (κ2) is 14.2. The van der Waals surface area contributed by atoms with E-state index in [0.717, 1.165) is 63.4 Å². The number of hydrogen-bond acceptors (Lipinski definition) is 11. The van der Waals surface area contributed by atoms with Crippen molar-refractivity contribution in [3.63, 3.8) is 0 Å². The molecule has 8 heterocycles. The minimum absolute atomic E-state index is 0.00978. The lowest BCUT2D eigenvalue weighted by molar-refractivity contribution is -0.137. The van der Waals surface area contributed by atoms with Crippen molar-refractivity contribution in [3.05, 3.63) is 35.7 Å². The molecule has 2 bridgehead atoms. The molecule has 304 valence electrons. The lowest BCUT2D eigenvalue weighted by atomic mass is 9.84. The molecule has 1 amide bonds. The van der Waals surface area contributed by atoms with Crippen LogP contribution in [0, 0.1) is 12.3 Å². The number of amides is 1. The molecule has 4 aliphatic rings. The number of benzene rings is 1. The number of nitrogens with one attached hydrogen (secondary N) is 1. The Kier molecular flexibility index (Phi) is 9.54. The zero-order valence-corrected chi connectivity index (χ0v) is 33.9. The average molecular weight is 807 g/mol. The molecule has 57 heavy (non-hydrogen) atoms. The predicted molar refractivity (Wildman–Crippen MR) is 213 cm³/mol. The fourth-order valence-electron chi connectivity index (χ4n) is 9.28. The van der Waals surface area contributed by atoms with E-state index in [2.05, 4.69) is 22.2 Å². The van der Waals surface area contributed by atoms with Gasteiger partial charge in [0.05, 0.1) is 51.7 Å². The van der Waals surface area contributed by atoms with Crippen LogP contribution in [0.25, 0.3) is 42.5 Å². The Morgan fingerprint density at radius 2 is 1.88 bits per heavy atom. The number of carbonyl (C=O) groups excluding carboxylic acids is 1. The van der Waals surface area contributed by atoms with Crippen molar-refractivity contribution < 1.29 is 32.2 Å². The summed E-state index contributed by atoms with van der Waals surface area (Å²) in [6, 6.07) is 3.43. The van der Waals surface area contributed by atoms with Gasteiger partial charge >= 0.3 is 18.3 Å². The highest BCUT2D eigenvalue weighted by Crippen LogP contribution is 2.49. The molecule has 1 N–H and O–H groups in total. The van der Waals surface area contributed by atoms with Crippen molar-refractivity contribution in [1.82, 2.24) is 34.9 Å². The van der Waals surface area contributed by atoms with Crippen LogP contribution in [-0.4, -0.2) is 92.8 Å². The quantitative estimate of drug-likeness (QED) is 0.179. The number of nitrogens with zero attached hydrogens (tertiary/aromatic N) is 7. The molecule has 12 nitrogen and oxygen atoms in total. The lowest BCUT2D eigenvalue weighted by Gasteiger charge is -2.42. The number of anilines is 1. The number of alkyl halides is 3. The van der Waals surface area contributed by atoms with Gasteiger partial charge in [-0.05, 0) is 96.9 Å². The van der Waals surface area contributed by atoms with Crippen LogP contribution in [0.2, 0.25) is 0 Å². The van der Waals surface area contributed by atoms with E-state index in [-0.39, 0.29) is 52.7 Å². The molecule has 5 aromatic rings. The summed E-state index contributed by atoms with van der Waals surface area (Å²) in [5, 5.41) is 9.88. The zero-order valence-electron chi connectivity index (χ0n) is 33.0. The molecule has 9 rings (SSSR count). The molecular formula is C41H49F3N8O4S. The second-order valence-corrected chi connectivity index (χ2v) is 18.5. The Bertz CT molecular complexity index is 2330. The molecule has 16 heteroatoms. The van der Waals surface area contributed by atoms with Crippen molar-refractivity contribution >= 4 is 54.5 Å². The lowest BCUT2D eigenvalue weighted by Crippen LogP contribution is -2.57. The normalized spacial score (nSPS) is 24.5. The smallest absolute Gasteiger partial charge is 0.417 e. The Hall–Kier alpha value is -4.28. The van der Waals surface area contributed by atoms with Crippen LogP contribution in [0.15, 0.2) is 24.5 Å². The van der Waals surface area contributed by atoms with Crippen LogP contribution in [-0.2, 0) is 15.7 Å². The second-order valence-electron chi connectivity index (χ2n) is 17.5. The van der Waals surface area contributed by atoms with Gasteiger partial charge < -0.3 is 24.4 Å². The monoisotopic (exact) mass is 806 g/mol. The molecule has 1 aromatic carbocycles. The van der Waals surface area contributed by atoms with E-state index in [9.17, 15) is 4.79 Å². The molecule has 0 aliphatic carbocycles. The summed E-state index contributed by atoms with van der Waals surface area (Å²) < 4.78 is 66.2. The highest BCUT2D eigenvalue weighted by molar-refractivity contribution is 7.26. The topological polar surface area (TPSA) is 120 Å². The van der Waals surface area contributed by atoms with Gasteiger partial charge in [-0.1, -0.05) is 6.92 Å². The van der Waals surface area contributed by atoms with Crippen molar-refractivity contribution in [2.24, 2.45) is 5.41 Å². The van der Waals surface area contributed by atoms with Crippen molar-refractivity contribution in [1.29, 1.82) is 0 Å². The van der Waals surface area contributed by atoms with Crippen molar-refractivity contribution in [2.75, 3.05) is 44.3 Å². The summed E-state index contributed by atoms with van der Waals surface area (Å²) in [4.78, 5) is 32.8. The predicted octanol–water partition coefficient (Wildman–Crippen LogP) is 8.64. The van der Waals surface area contributed by atoms with E-state index < -0.39 is 17.3 Å². The third kappa shape index (κ3) is 7.04. The fourth-order valence-corrected chi connectivity index (χ4v) is 10.4. The molecule has 4 saturated heterocycles. The number of aryl methyl sites for hydroxylation is 1. The number of carbonyl (C=O) groups is 1. The van der Waals surface area contributed by atoms with Crippen LogP contribution < -0.4 is 15.0 Å². The van der Waals surface area contributed by atoms with E-state index in [4.69, 9.17) is 29.2 Å². The maximum atomic E-state index is 15.2. The number of halogens is 3. The number of piperazine rings is 1. The highest BCUT2D eigenvalue weighted by atomic mass is 32.1. The third-order valence-electron chi connectivity index (χ3n) is 11.9. The van der Waals surface area contributed by atoms with Gasteiger partial charge in [0.15, 0.2) is 6.23 Å². The van der Waals surface area contributed by atoms with E-state index in [0.29, 0.717) is 57.9 Å². The Morgan fingerprint density at radius 1 is 1.09 bits per heavy atom. The Morgan fingerprint density at radius 3 is 2.56 bits per heavy atom. The van der Waals surface area contributed by atoms with Crippen LogP contribution in [0.3, 0.4) is 0 Å². The van der Waals surface area contributed by atoms with E-state index >= 15 is 13.2 Å². The van der Waals surface area contributed by atoms with E-state index in [1.807, 2.05) is 31.7 Å². The zero-order chi connectivity index (χ0) is 39.9. The van der Waals surface area contributed by atoms with Crippen LogP contribution >= 0.6 is 11.3 Å². The standard InChI is InChI=1S/C41H49F3N8O4S/c1-23-17-28-27(18-47-52(28)29-9-6-7-16-54-29)30(32(23)41(42,43)44)33-34-26(12-15-46-33)31-35(48-37(49-36(31)57-34)55-22-40(5)13-8-14-45-21-40)50-19-24-10-11-25(20-50)51(24)38(53)56-39(2,3)4/h12,15,17-18,24-25,29,45H,6-11,13-14,16,19-22H2,1-5H3/t24-,25+,29?,40?. The molecular weight excluding hydrogens is 758 g/mol. The number of rotatable bonds is 6. The van der Waals surface area contributed by atoms with Gasteiger partial charge in [0.2, 0.25) is 0 Å². The average Bonchev–Trinajstić information content (AvgIpc) is 3.83. The van der Waals surface area contributed by atoms with Gasteiger partial charge in [-0.25, -0.2) is 9.48 Å². The third-order valence-corrected chi connectivity index (χ3v) is 13.0. The number of thiophene rings is 1. The first kappa shape index (κ1) is 38.2. The summed E-state index contributed by atoms with van der Waals surface area (Å²) in [6.07, 6.45) is 4.05. The molecule has 4 fully saturated rings. The fraction of sp³-hybridized carbons (Fsp3) is 0.585. The molecule has 2 unspecified atom stereocenters. The van der Waals surface area contributed by atoms with Crippen LogP contribution in [0.1, 0.15) is 90.0 Å². The number of pyridine rings is 1. The molecule has 4 atom stereocenters. The van der Waals surface area contributed by atoms with E-state index in [1.54, 1.807) is 16.9 Å². The SMILES string of the molecule is Cc1cc2c(cnn2C2CCCCO2)c(-c2nccc3c2sc2nc(OCC4(C)CCCNC4)nc(N4C[C@H]5CC[C@@H](C4)N5C(=O)OC(C)(C)C)c23)c1C(F)(F)F. The molecule has 4 aromatic heterocycles. The first-order valence-corrected chi connectivity index (χ1v) is 20.9. The highest BCUT2D eigenvalue weighted by Gasteiger charge is 2.45. The number of aromatic nitrogens is 5. The minimum atomic E-state index is -4.67. The van der Waals surface area contributed by atoms with Gasteiger partial charge in [0.25, 0.3) is 0 Å². The minimum Gasteiger partial charge on any atom is -0.463 e. The molecule has 0 radical (unpaired) electrons. The number of piperidine rings is 1. The van der Waals surface area contributed by atoms with E-state index in [1.165, 1.54) is 24.5 Å². The van der Waals surface area contributed by atoms with Gasteiger partial charge in [-0.15, -0.1) is 11.3 Å². The Balaban J connectivity index is 1.20. The van der Waals surface area contributed by atoms with Crippen molar-refractivity contribution in [3.8, 4) is 17.3 Å². The number of fused-ring (bicyclic) bond motifs is 6. The summed E-state index contributed by atoms with van der Waals surface area (Å²) in [5.74, 6) is 0.638. The maximum Gasteiger partial charge on any atom is 0.417 e. The Labute approximate surface area is 333 Å². The van der Waals surface area contributed by atoms with Gasteiger partial charge in [-0.3, -0.25) is 9.88 Å². The summed E-state index contributed by atoms with van der Waals surface area (Å²) in [5.41, 5.74) is -0.610. The molecule has 0 spiro atoms. The van der Waals surface area contributed by atoms with Gasteiger partial charge in [-0.2, -0.15) is 28.2 Å². The summed E-state index contributed by atoms with van der Waals surface area (Å²) in [7, 11) is 0. The largest absolute Gasteiger partial charge is 0.463 e. The van der Waals surface area contributed by atoms with Crippen molar-refractivity contribution in [2.45, 2.75) is 110 Å². The summed E-state index contributed by atoms with van der Waals surface area (Å²) >= 11 is 1.30. The molecule has 0 saturated carbocycles. The van der Waals surface area contributed by atoms with Gasteiger partial charge in [0.1, 0.15) is 16.2 Å². The van der Waals surface area contributed by atoms with Gasteiger partial charge in [0, 0.05) is 54.2 Å². The first-order chi connectivity index (χ1) is 27.2. The van der Waals surface area contributed by atoms with Crippen LogP contribution in [0.5, 0.6) is 6.01 Å². The molecule has 4 aliphatic heterocycles. The van der Waals surface area contributed by atoms with Crippen LogP contribution in [0.4, 0.5) is 23.8 Å².